The number of nitrogens with zero attached hydrogens (tertiary/aromatic N) is 2. The highest BCUT2D eigenvalue weighted by molar-refractivity contribution is 5.90. The summed E-state index contributed by atoms with van der Waals surface area (Å²) in [5.41, 5.74) is 0. The molecule has 0 N–H and O–H groups in total. The van der Waals surface area contributed by atoms with Crippen molar-refractivity contribution in [2.75, 3.05) is 33.3 Å². The second-order valence-electron chi connectivity index (χ2n) is 5.38. The van der Waals surface area contributed by atoms with Crippen LogP contribution in [0, 0.1) is 5.92 Å². The van der Waals surface area contributed by atoms with Gasteiger partial charge >= 0.3 is 0 Å². The summed E-state index contributed by atoms with van der Waals surface area (Å²) in [6.07, 6.45) is 2.22. The van der Waals surface area contributed by atoms with Crippen LogP contribution in [-0.2, 0) is 14.3 Å². The number of carbonyl (C=O) groups is 2. The summed E-state index contributed by atoms with van der Waals surface area (Å²) in [7, 11) is 1.60. The SMILES string of the molecule is C=CC(=O)N(C)CC(=O)N1CCC(OCC(C)C)C1. The third-order valence-corrected chi connectivity index (χ3v) is 3.09. The lowest BCUT2D eigenvalue weighted by atomic mass is 10.2. The van der Waals surface area contributed by atoms with E-state index in [1.807, 2.05) is 0 Å². The van der Waals surface area contributed by atoms with Gasteiger partial charge in [-0.2, -0.15) is 0 Å². The molecule has 0 aromatic heterocycles. The van der Waals surface area contributed by atoms with E-state index in [9.17, 15) is 9.59 Å². The van der Waals surface area contributed by atoms with Crippen LogP contribution in [0.5, 0.6) is 0 Å². The van der Waals surface area contributed by atoms with E-state index in [1.165, 1.54) is 11.0 Å². The maximum atomic E-state index is 12.0. The summed E-state index contributed by atoms with van der Waals surface area (Å²) in [6.45, 7) is 9.77. The summed E-state index contributed by atoms with van der Waals surface area (Å²) < 4.78 is 5.73. The van der Waals surface area contributed by atoms with Crippen LogP contribution in [-0.4, -0.2) is 61.0 Å². The first-order valence-electron chi connectivity index (χ1n) is 6.71. The van der Waals surface area contributed by atoms with Crippen molar-refractivity contribution in [2.24, 2.45) is 5.92 Å². The molecule has 0 spiro atoms. The van der Waals surface area contributed by atoms with Gasteiger partial charge in [0, 0.05) is 26.7 Å². The average Bonchev–Trinajstić information content (AvgIpc) is 2.84. The van der Waals surface area contributed by atoms with Gasteiger partial charge in [0.25, 0.3) is 0 Å². The summed E-state index contributed by atoms with van der Waals surface area (Å²) in [5, 5.41) is 0. The molecule has 5 heteroatoms. The molecule has 1 rings (SSSR count). The van der Waals surface area contributed by atoms with Crippen LogP contribution in [0.15, 0.2) is 12.7 Å². The largest absolute Gasteiger partial charge is 0.376 e. The molecule has 19 heavy (non-hydrogen) atoms. The topological polar surface area (TPSA) is 49.9 Å². The van der Waals surface area contributed by atoms with E-state index < -0.39 is 0 Å². The zero-order chi connectivity index (χ0) is 14.4. The average molecular weight is 268 g/mol. The van der Waals surface area contributed by atoms with E-state index >= 15 is 0 Å². The minimum Gasteiger partial charge on any atom is -0.376 e. The van der Waals surface area contributed by atoms with Gasteiger partial charge in [0.05, 0.1) is 12.6 Å². The Bertz CT molecular complexity index is 342. The molecule has 0 saturated carbocycles. The zero-order valence-corrected chi connectivity index (χ0v) is 12.1. The van der Waals surface area contributed by atoms with E-state index in [0.29, 0.717) is 19.0 Å². The Morgan fingerprint density at radius 2 is 2.21 bits per heavy atom. The highest BCUT2D eigenvalue weighted by Gasteiger charge is 2.27. The Hall–Kier alpha value is -1.36. The van der Waals surface area contributed by atoms with E-state index in [-0.39, 0.29) is 24.5 Å². The van der Waals surface area contributed by atoms with Crippen LogP contribution >= 0.6 is 0 Å². The zero-order valence-electron chi connectivity index (χ0n) is 12.1. The molecule has 1 aliphatic heterocycles. The predicted molar refractivity (Wildman–Crippen MR) is 73.6 cm³/mol. The number of ether oxygens (including phenoxy) is 1. The first-order valence-corrected chi connectivity index (χ1v) is 6.71. The van der Waals surface area contributed by atoms with Gasteiger partial charge in [0.2, 0.25) is 11.8 Å². The molecule has 5 nitrogen and oxygen atoms in total. The predicted octanol–water partition coefficient (Wildman–Crippen LogP) is 0.904. The van der Waals surface area contributed by atoms with Gasteiger partial charge in [-0.25, -0.2) is 0 Å². The van der Waals surface area contributed by atoms with Crippen molar-refractivity contribution in [3.8, 4) is 0 Å². The third kappa shape index (κ3) is 5.03. The van der Waals surface area contributed by atoms with Crippen molar-refractivity contribution in [2.45, 2.75) is 26.4 Å². The van der Waals surface area contributed by atoms with Crippen molar-refractivity contribution >= 4 is 11.8 Å². The van der Waals surface area contributed by atoms with Crippen molar-refractivity contribution in [1.29, 1.82) is 0 Å². The number of likely N-dealkylation sites (tertiary alicyclic amines) is 1. The molecule has 0 radical (unpaired) electrons. The molecule has 0 aromatic rings. The van der Waals surface area contributed by atoms with Gasteiger partial charge in [0.1, 0.15) is 0 Å². The lowest BCUT2D eigenvalue weighted by Gasteiger charge is -2.21. The number of carbonyl (C=O) groups excluding carboxylic acids is 2. The molecule has 2 amide bonds. The highest BCUT2D eigenvalue weighted by atomic mass is 16.5. The Balaban J connectivity index is 2.35. The number of likely N-dealkylation sites (N-methyl/N-ethyl adjacent to an activating group) is 1. The lowest BCUT2D eigenvalue weighted by Crippen LogP contribution is -2.40. The van der Waals surface area contributed by atoms with Crippen molar-refractivity contribution in [3.05, 3.63) is 12.7 Å². The minimum atomic E-state index is -0.236. The number of rotatable bonds is 6. The van der Waals surface area contributed by atoms with Crippen LogP contribution < -0.4 is 0 Å². The quantitative estimate of drug-likeness (QED) is 0.673. The van der Waals surface area contributed by atoms with E-state index in [1.54, 1.807) is 11.9 Å². The van der Waals surface area contributed by atoms with Crippen molar-refractivity contribution < 1.29 is 14.3 Å². The molecule has 0 aliphatic carbocycles. The Labute approximate surface area is 115 Å². The monoisotopic (exact) mass is 268 g/mol. The molecule has 0 bridgehead atoms. The molecule has 1 unspecified atom stereocenters. The highest BCUT2D eigenvalue weighted by Crippen LogP contribution is 2.14. The summed E-state index contributed by atoms with van der Waals surface area (Å²) in [4.78, 5) is 26.5. The Kier molecular flexibility index (Phi) is 6.02. The first kappa shape index (κ1) is 15.7. The molecule has 1 aliphatic rings. The van der Waals surface area contributed by atoms with E-state index in [4.69, 9.17) is 4.74 Å². The summed E-state index contributed by atoms with van der Waals surface area (Å²) in [5.74, 6) is 0.231. The first-order chi connectivity index (χ1) is 8.93. The Morgan fingerprint density at radius 3 is 2.79 bits per heavy atom. The summed E-state index contributed by atoms with van der Waals surface area (Å²) in [6, 6.07) is 0. The van der Waals surface area contributed by atoms with Crippen molar-refractivity contribution in [3.63, 3.8) is 0 Å². The molecule has 1 heterocycles. The van der Waals surface area contributed by atoms with E-state index in [2.05, 4.69) is 20.4 Å². The smallest absolute Gasteiger partial charge is 0.246 e. The molecular weight excluding hydrogens is 244 g/mol. The molecule has 1 saturated heterocycles. The van der Waals surface area contributed by atoms with Gasteiger partial charge < -0.3 is 14.5 Å². The van der Waals surface area contributed by atoms with Gasteiger partial charge in [-0.05, 0) is 18.4 Å². The Morgan fingerprint density at radius 1 is 1.53 bits per heavy atom. The van der Waals surface area contributed by atoms with E-state index in [0.717, 1.165) is 13.0 Å². The fraction of sp³-hybridized carbons (Fsp3) is 0.714. The molecule has 0 aromatic carbocycles. The van der Waals surface area contributed by atoms with Gasteiger partial charge in [0.15, 0.2) is 0 Å². The maximum Gasteiger partial charge on any atom is 0.246 e. The number of hydrogen-bond acceptors (Lipinski definition) is 3. The van der Waals surface area contributed by atoms with Crippen LogP contribution in [0.1, 0.15) is 20.3 Å². The fourth-order valence-corrected chi connectivity index (χ4v) is 1.96. The lowest BCUT2D eigenvalue weighted by molar-refractivity contribution is -0.136. The molecule has 108 valence electrons. The van der Waals surface area contributed by atoms with Gasteiger partial charge in [-0.3, -0.25) is 9.59 Å². The minimum absolute atomic E-state index is 0.0339. The number of hydrogen-bond donors (Lipinski definition) is 0. The standard InChI is InChI=1S/C14H24N2O3/c1-5-13(17)15(4)9-14(18)16-7-6-12(8-16)19-10-11(2)3/h5,11-12H,1,6-10H2,2-4H3. The van der Waals surface area contributed by atoms with Gasteiger partial charge in [-0.1, -0.05) is 20.4 Å². The molecule has 1 fully saturated rings. The van der Waals surface area contributed by atoms with Gasteiger partial charge in [-0.15, -0.1) is 0 Å². The second kappa shape index (κ2) is 7.28. The van der Waals surface area contributed by atoms with Crippen molar-refractivity contribution in [1.82, 2.24) is 9.80 Å². The molecular formula is C14H24N2O3. The van der Waals surface area contributed by atoms with Crippen LogP contribution in [0.3, 0.4) is 0 Å². The van der Waals surface area contributed by atoms with Crippen LogP contribution in [0.4, 0.5) is 0 Å². The molecule has 1 atom stereocenters. The third-order valence-electron chi connectivity index (χ3n) is 3.09. The normalized spacial score (nSPS) is 18.7. The maximum absolute atomic E-state index is 12.0. The van der Waals surface area contributed by atoms with Crippen LogP contribution in [0.2, 0.25) is 0 Å². The fourth-order valence-electron chi connectivity index (χ4n) is 1.96. The van der Waals surface area contributed by atoms with Crippen LogP contribution in [0.25, 0.3) is 0 Å². The number of amides is 2. The second-order valence-corrected chi connectivity index (χ2v) is 5.38. The summed E-state index contributed by atoms with van der Waals surface area (Å²) >= 11 is 0.